The van der Waals surface area contributed by atoms with Crippen LogP contribution in [0.4, 0.5) is 0 Å². The van der Waals surface area contributed by atoms with E-state index in [0.717, 1.165) is 0 Å². The predicted molar refractivity (Wildman–Crippen MR) is 26.5 cm³/mol. The highest BCUT2D eigenvalue weighted by Crippen LogP contribution is 1.78. The van der Waals surface area contributed by atoms with Crippen LogP contribution >= 0.6 is 0 Å². The van der Waals surface area contributed by atoms with Crippen molar-refractivity contribution in [2.45, 2.75) is 0 Å². The smallest absolute Gasteiger partial charge is 0.334 e. The molecule has 0 aromatic rings. The molecule has 0 atom stereocenters. The molecule has 4 nitrogen and oxygen atoms in total. The fourth-order valence-electron chi connectivity index (χ4n) is 0.401. The molecule has 8 heavy (non-hydrogen) atoms. The summed E-state index contributed by atoms with van der Waals surface area (Å²) >= 11 is 0. The Kier molecular flexibility index (Phi) is 1.07. The second kappa shape index (κ2) is 1.73. The Hall–Kier alpha value is -1.19. The number of nitrogens with zero attached hydrogens (tertiary/aromatic N) is 1. The molecule has 0 aromatic heterocycles. The van der Waals surface area contributed by atoms with Crippen molar-refractivity contribution in [2.75, 3.05) is 6.54 Å². The number of hydrogen-bond acceptors (Lipinski definition) is 2. The van der Waals surface area contributed by atoms with E-state index in [-0.39, 0.29) is 0 Å². The van der Waals surface area contributed by atoms with Gasteiger partial charge in [0.05, 0.1) is 6.54 Å². The third-order valence-electron chi connectivity index (χ3n) is 0.757. The molecule has 1 heterocycles. The number of aliphatic imine (C=N–C) groups is 1. The van der Waals surface area contributed by atoms with Crippen LogP contribution in [-0.2, 0) is 9.59 Å². The number of hydrogen-bond donors (Lipinski definition) is 1. The predicted octanol–water partition coefficient (Wildman–Crippen LogP) is -1.29. The van der Waals surface area contributed by atoms with E-state index in [1.54, 1.807) is 0 Å². The van der Waals surface area contributed by atoms with Crippen LogP contribution in [0.1, 0.15) is 0 Å². The lowest BCUT2D eigenvalue weighted by molar-refractivity contribution is -0.137. The lowest BCUT2D eigenvalue weighted by Crippen LogP contribution is -2.35. The molecule has 0 bridgehead atoms. The van der Waals surface area contributed by atoms with Gasteiger partial charge in [-0.05, 0) is 0 Å². The summed E-state index contributed by atoms with van der Waals surface area (Å²) in [5, 5.41) is 2.29. The maximum Gasteiger partial charge on any atom is 0.334 e. The number of carbonyl (C=O) groups excluding carboxylic acids is 2. The standard InChI is InChI=1S/C4H4N2O2/c7-3-4(8)6-2-1-5-3/h1H,2H2,(H,6,8). The fraction of sp³-hybridized carbons (Fsp3) is 0.250. The van der Waals surface area contributed by atoms with E-state index in [2.05, 4.69) is 10.3 Å². The van der Waals surface area contributed by atoms with Gasteiger partial charge >= 0.3 is 11.8 Å². The minimum atomic E-state index is -0.712. The number of amides is 2. The molecule has 0 aromatic carbocycles. The lowest BCUT2D eigenvalue weighted by Gasteiger charge is -2.00. The third kappa shape index (κ3) is 0.726. The summed E-state index contributed by atoms with van der Waals surface area (Å²) in [5.41, 5.74) is 0. The van der Waals surface area contributed by atoms with Crippen LogP contribution in [0, 0.1) is 0 Å². The second-order valence-corrected chi connectivity index (χ2v) is 1.33. The van der Waals surface area contributed by atoms with Crippen molar-refractivity contribution in [3.8, 4) is 0 Å². The summed E-state index contributed by atoms with van der Waals surface area (Å²) in [6.07, 6.45) is 1.36. The minimum absolute atomic E-state index is 0.366. The molecule has 1 N–H and O–H groups in total. The average Bonchev–Trinajstić information content (AvgIpc) is 1.77. The van der Waals surface area contributed by atoms with Crippen LogP contribution < -0.4 is 5.32 Å². The number of carbonyl (C=O) groups is 2. The van der Waals surface area contributed by atoms with Gasteiger partial charge in [-0.25, -0.2) is 4.99 Å². The zero-order valence-corrected chi connectivity index (χ0v) is 4.05. The van der Waals surface area contributed by atoms with Crippen LogP contribution in [0.15, 0.2) is 4.99 Å². The molecule has 0 saturated heterocycles. The van der Waals surface area contributed by atoms with Crippen LogP contribution in [0.2, 0.25) is 0 Å². The molecule has 1 aliphatic rings. The van der Waals surface area contributed by atoms with Gasteiger partial charge in [0.25, 0.3) is 0 Å². The summed E-state index contributed by atoms with van der Waals surface area (Å²) < 4.78 is 0. The van der Waals surface area contributed by atoms with Crippen LogP contribution in [0.3, 0.4) is 0 Å². The van der Waals surface area contributed by atoms with Gasteiger partial charge in [0.2, 0.25) is 0 Å². The second-order valence-electron chi connectivity index (χ2n) is 1.33. The summed E-state index contributed by atoms with van der Waals surface area (Å²) in [6.45, 7) is 0.366. The average molecular weight is 112 g/mol. The molecule has 42 valence electrons. The van der Waals surface area contributed by atoms with Crippen molar-refractivity contribution < 1.29 is 9.59 Å². The largest absolute Gasteiger partial charge is 0.343 e. The van der Waals surface area contributed by atoms with Crippen molar-refractivity contribution in [3.63, 3.8) is 0 Å². The maximum atomic E-state index is 10.2. The highest BCUT2D eigenvalue weighted by molar-refractivity contribution is 6.37. The first kappa shape index (κ1) is 4.96. The Bertz CT molecular complexity index is 161. The monoisotopic (exact) mass is 112 g/mol. The zero-order valence-electron chi connectivity index (χ0n) is 4.05. The van der Waals surface area contributed by atoms with Gasteiger partial charge in [0.1, 0.15) is 0 Å². The topological polar surface area (TPSA) is 58.5 Å². The van der Waals surface area contributed by atoms with E-state index in [1.165, 1.54) is 6.21 Å². The summed E-state index contributed by atoms with van der Waals surface area (Å²) in [4.78, 5) is 23.6. The lowest BCUT2D eigenvalue weighted by atomic mass is 10.5. The molecule has 0 spiro atoms. The van der Waals surface area contributed by atoms with Crippen molar-refractivity contribution in [2.24, 2.45) is 4.99 Å². The van der Waals surface area contributed by atoms with Crippen molar-refractivity contribution in [3.05, 3.63) is 0 Å². The van der Waals surface area contributed by atoms with Gasteiger partial charge in [-0.15, -0.1) is 0 Å². The van der Waals surface area contributed by atoms with E-state index in [4.69, 9.17) is 0 Å². The molecule has 0 unspecified atom stereocenters. The summed E-state index contributed by atoms with van der Waals surface area (Å²) in [6, 6.07) is 0. The van der Waals surface area contributed by atoms with Crippen molar-refractivity contribution in [1.82, 2.24) is 5.32 Å². The Labute approximate surface area is 45.6 Å². The van der Waals surface area contributed by atoms with Crippen molar-refractivity contribution >= 4 is 18.0 Å². The first-order valence-electron chi connectivity index (χ1n) is 2.15. The van der Waals surface area contributed by atoms with Gasteiger partial charge in [0, 0.05) is 6.21 Å². The molecule has 4 heteroatoms. The molecule has 0 fully saturated rings. The first-order chi connectivity index (χ1) is 3.80. The SMILES string of the molecule is O=C1N=CCNC1=O. The molecule has 1 aliphatic heterocycles. The summed E-state index contributed by atoms with van der Waals surface area (Å²) in [7, 11) is 0. The van der Waals surface area contributed by atoms with E-state index in [9.17, 15) is 9.59 Å². The van der Waals surface area contributed by atoms with E-state index < -0.39 is 11.8 Å². The first-order valence-corrected chi connectivity index (χ1v) is 2.15. The minimum Gasteiger partial charge on any atom is -0.343 e. The Morgan fingerprint density at radius 3 is 2.75 bits per heavy atom. The van der Waals surface area contributed by atoms with Gasteiger partial charge in [0.15, 0.2) is 0 Å². The Morgan fingerprint density at radius 2 is 2.38 bits per heavy atom. The number of nitrogens with one attached hydrogen (secondary N) is 1. The molecular weight excluding hydrogens is 108 g/mol. The molecule has 0 saturated carbocycles. The Balaban J connectivity index is 2.75. The molecule has 0 aliphatic carbocycles. The van der Waals surface area contributed by atoms with E-state index in [1.807, 2.05) is 0 Å². The maximum absolute atomic E-state index is 10.2. The van der Waals surface area contributed by atoms with Crippen molar-refractivity contribution in [1.29, 1.82) is 0 Å². The molecule has 0 radical (unpaired) electrons. The van der Waals surface area contributed by atoms with Gasteiger partial charge in [-0.2, -0.15) is 0 Å². The summed E-state index contributed by atoms with van der Waals surface area (Å²) in [5.74, 6) is -1.33. The van der Waals surface area contributed by atoms with Gasteiger partial charge in [-0.3, -0.25) is 9.59 Å². The Morgan fingerprint density at radius 1 is 1.62 bits per heavy atom. The van der Waals surface area contributed by atoms with E-state index >= 15 is 0 Å². The number of rotatable bonds is 0. The molecular formula is C4H4N2O2. The van der Waals surface area contributed by atoms with Gasteiger partial charge in [-0.1, -0.05) is 0 Å². The fourth-order valence-corrected chi connectivity index (χ4v) is 0.401. The van der Waals surface area contributed by atoms with Crippen LogP contribution in [0.25, 0.3) is 0 Å². The molecule has 2 amide bonds. The normalized spacial score (nSPS) is 18.5. The quantitative estimate of drug-likeness (QED) is 0.396. The highest BCUT2D eigenvalue weighted by atomic mass is 16.2. The van der Waals surface area contributed by atoms with Crippen LogP contribution in [-0.4, -0.2) is 24.6 Å². The van der Waals surface area contributed by atoms with E-state index in [0.29, 0.717) is 6.54 Å². The highest BCUT2D eigenvalue weighted by Gasteiger charge is 2.12. The molecule has 1 rings (SSSR count). The third-order valence-corrected chi connectivity index (χ3v) is 0.757. The van der Waals surface area contributed by atoms with Gasteiger partial charge < -0.3 is 5.32 Å². The van der Waals surface area contributed by atoms with Crippen LogP contribution in [0.5, 0.6) is 0 Å². The zero-order chi connectivity index (χ0) is 5.98.